The second-order valence-electron chi connectivity index (χ2n) is 6.51. The minimum absolute atomic E-state index is 0.00355. The molecule has 1 fully saturated rings. The van der Waals surface area contributed by atoms with Gasteiger partial charge >= 0.3 is 0 Å². The number of nitrogens with one attached hydrogen (secondary N) is 1. The summed E-state index contributed by atoms with van der Waals surface area (Å²) in [6.45, 7) is 11.7. The van der Waals surface area contributed by atoms with E-state index in [1.807, 2.05) is 0 Å². The average Bonchev–Trinajstić information content (AvgIpc) is 2.16. The van der Waals surface area contributed by atoms with Crippen LogP contribution in [0.1, 0.15) is 59.8 Å². The van der Waals surface area contributed by atoms with E-state index in [4.69, 9.17) is 4.74 Å². The van der Waals surface area contributed by atoms with Gasteiger partial charge in [0.2, 0.25) is 0 Å². The highest BCUT2D eigenvalue weighted by atomic mass is 16.5. The van der Waals surface area contributed by atoms with E-state index in [-0.39, 0.29) is 5.60 Å². The maximum Gasteiger partial charge on any atom is 0.0599 e. The van der Waals surface area contributed by atoms with Crippen molar-refractivity contribution in [3.05, 3.63) is 0 Å². The molecule has 0 radical (unpaired) electrons. The van der Waals surface area contributed by atoms with Crippen molar-refractivity contribution < 1.29 is 4.74 Å². The Morgan fingerprint density at radius 2 is 1.75 bits per heavy atom. The van der Waals surface area contributed by atoms with Crippen LogP contribution in [0.5, 0.6) is 0 Å². The largest absolute Gasteiger partial charge is 0.375 e. The third-order valence-corrected chi connectivity index (χ3v) is 3.43. The Hall–Kier alpha value is -0.0800. The first-order chi connectivity index (χ1) is 7.41. The summed E-state index contributed by atoms with van der Waals surface area (Å²) >= 11 is 0. The van der Waals surface area contributed by atoms with Gasteiger partial charge in [0.1, 0.15) is 0 Å². The standard InChI is InChI=1S/C14H29NO/c1-13(2,3)16-11-10-15-12-14(4)8-6-5-7-9-14/h15H,5-12H2,1-4H3. The summed E-state index contributed by atoms with van der Waals surface area (Å²) < 4.78 is 5.69. The van der Waals surface area contributed by atoms with Crippen LogP contribution in [0.4, 0.5) is 0 Å². The Morgan fingerprint density at radius 1 is 1.12 bits per heavy atom. The van der Waals surface area contributed by atoms with Crippen LogP contribution in [0.25, 0.3) is 0 Å². The van der Waals surface area contributed by atoms with Gasteiger partial charge in [-0.2, -0.15) is 0 Å². The lowest BCUT2D eigenvalue weighted by Gasteiger charge is -2.34. The SMILES string of the molecule is CC1(CNCCOC(C)(C)C)CCCCC1. The predicted octanol–water partition coefficient (Wildman–Crippen LogP) is 3.36. The Labute approximate surface area is 101 Å². The van der Waals surface area contributed by atoms with E-state index in [0.717, 1.165) is 19.7 Å². The van der Waals surface area contributed by atoms with E-state index in [2.05, 4.69) is 33.0 Å². The highest BCUT2D eigenvalue weighted by Gasteiger charge is 2.25. The lowest BCUT2D eigenvalue weighted by Crippen LogP contribution is -2.36. The molecule has 0 spiro atoms. The van der Waals surface area contributed by atoms with Crippen LogP contribution < -0.4 is 5.32 Å². The van der Waals surface area contributed by atoms with Gasteiger partial charge in [0, 0.05) is 13.1 Å². The van der Waals surface area contributed by atoms with E-state index >= 15 is 0 Å². The van der Waals surface area contributed by atoms with E-state index in [1.165, 1.54) is 32.1 Å². The lowest BCUT2D eigenvalue weighted by atomic mass is 9.76. The number of rotatable bonds is 5. The molecule has 0 heterocycles. The highest BCUT2D eigenvalue weighted by Crippen LogP contribution is 2.34. The number of ether oxygens (including phenoxy) is 1. The molecule has 0 aromatic heterocycles. The van der Waals surface area contributed by atoms with Crippen molar-refractivity contribution in [3.63, 3.8) is 0 Å². The molecular formula is C14H29NO. The summed E-state index contributed by atoms with van der Waals surface area (Å²) in [6, 6.07) is 0. The molecule has 0 amide bonds. The van der Waals surface area contributed by atoms with E-state index in [0.29, 0.717) is 5.41 Å². The molecule has 1 N–H and O–H groups in total. The van der Waals surface area contributed by atoms with Gasteiger partial charge in [-0.05, 0) is 39.0 Å². The molecule has 2 heteroatoms. The lowest BCUT2D eigenvalue weighted by molar-refractivity contribution is -0.00173. The third-order valence-electron chi connectivity index (χ3n) is 3.43. The molecule has 0 unspecified atom stereocenters. The molecule has 0 atom stereocenters. The van der Waals surface area contributed by atoms with Gasteiger partial charge in [0.25, 0.3) is 0 Å². The average molecular weight is 227 g/mol. The van der Waals surface area contributed by atoms with Crippen molar-refractivity contribution in [2.24, 2.45) is 5.41 Å². The summed E-state index contributed by atoms with van der Waals surface area (Å²) in [6.07, 6.45) is 7.04. The molecule has 1 aliphatic carbocycles. The van der Waals surface area contributed by atoms with Gasteiger partial charge in [-0.15, -0.1) is 0 Å². The van der Waals surface area contributed by atoms with Crippen LogP contribution in [0, 0.1) is 5.41 Å². The first-order valence-corrected chi connectivity index (χ1v) is 6.76. The zero-order valence-electron chi connectivity index (χ0n) is 11.6. The van der Waals surface area contributed by atoms with E-state index in [9.17, 15) is 0 Å². The van der Waals surface area contributed by atoms with Gasteiger partial charge in [-0.1, -0.05) is 26.2 Å². The van der Waals surface area contributed by atoms with Crippen LogP contribution in [0.15, 0.2) is 0 Å². The highest BCUT2D eigenvalue weighted by molar-refractivity contribution is 4.80. The van der Waals surface area contributed by atoms with Crippen LogP contribution in [0.2, 0.25) is 0 Å². The maximum absolute atomic E-state index is 5.69. The first-order valence-electron chi connectivity index (χ1n) is 6.76. The Bertz CT molecular complexity index is 189. The summed E-state index contributed by atoms with van der Waals surface area (Å²) in [5, 5.41) is 3.54. The molecule has 1 saturated carbocycles. The minimum atomic E-state index is -0.00355. The minimum Gasteiger partial charge on any atom is -0.375 e. The summed E-state index contributed by atoms with van der Waals surface area (Å²) in [4.78, 5) is 0. The van der Waals surface area contributed by atoms with Crippen LogP contribution in [-0.2, 0) is 4.74 Å². The molecule has 0 saturated heterocycles. The summed E-state index contributed by atoms with van der Waals surface area (Å²) in [5.41, 5.74) is 0.538. The zero-order valence-corrected chi connectivity index (χ0v) is 11.6. The van der Waals surface area contributed by atoms with Gasteiger partial charge < -0.3 is 10.1 Å². The monoisotopic (exact) mass is 227 g/mol. The fourth-order valence-corrected chi connectivity index (χ4v) is 2.40. The van der Waals surface area contributed by atoms with E-state index in [1.54, 1.807) is 0 Å². The second kappa shape index (κ2) is 6.02. The molecule has 1 rings (SSSR count). The Balaban J connectivity index is 2.06. The first kappa shape index (κ1) is 14.0. The summed E-state index contributed by atoms with van der Waals surface area (Å²) in [5.74, 6) is 0. The molecule has 0 aromatic carbocycles. The topological polar surface area (TPSA) is 21.3 Å². The molecule has 0 bridgehead atoms. The quantitative estimate of drug-likeness (QED) is 0.727. The predicted molar refractivity (Wildman–Crippen MR) is 69.8 cm³/mol. The molecule has 0 aromatic rings. The van der Waals surface area contributed by atoms with Gasteiger partial charge in [-0.25, -0.2) is 0 Å². The van der Waals surface area contributed by atoms with Crippen LogP contribution in [0.3, 0.4) is 0 Å². The summed E-state index contributed by atoms with van der Waals surface area (Å²) in [7, 11) is 0. The Kier molecular flexibility index (Phi) is 5.26. The molecular weight excluding hydrogens is 198 g/mol. The normalized spacial score (nSPS) is 21.0. The molecule has 1 aliphatic rings. The van der Waals surface area contributed by atoms with Gasteiger partial charge in [0.15, 0.2) is 0 Å². The smallest absolute Gasteiger partial charge is 0.0599 e. The number of hydrogen-bond acceptors (Lipinski definition) is 2. The molecule has 96 valence electrons. The zero-order chi connectivity index (χ0) is 12.1. The van der Waals surface area contributed by atoms with Crippen LogP contribution >= 0.6 is 0 Å². The van der Waals surface area contributed by atoms with E-state index < -0.39 is 0 Å². The third kappa shape index (κ3) is 5.86. The maximum atomic E-state index is 5.69. The molecule has 2 nitrogen and oxygen atoms in total. The van der Waals surface area contributed by atoms with Crippen molar-refractivity contribution in [1.29, 1.82) is 0 Å². The molecule has 16 heavy (non-hydrogen) atoms. The van der Waals surface area contributed by atoms with Gasteiger partial charge in [-0.3, -0.25) is 0 Å². The van der Waals surface area contributed by atoms with Crippen molar-refractivity contribution in [2.75, 3.05) is 19.7 Å². The van der Waals surface area contributed by atoms with Crippen molar-refractivity contribution in [3.8, 4) is 0 Å². The Morgan fingerprint density at radius 3 is 2.31 bits per heavy atom. The van der Waals surface area contributed by atoms with Crippen molar-refractivity contribution >= 4 is 0 Å². The number of hydrogen-bond donors (Lipinski definition) is 1. The fourth-order valence-electron chi connectivity index (χ4n) is 2.40. The van der Waals surface area contributed by atoms with Crippen molar-refractivity contribution in [2.45, 2.75) is 65.4 Å². The van der Waals surface area contributed by atoms with Crippen LogP contribution in [-0.4, -0.2) is 25.3 Å². The fraction of sp³-hybridized carbons (Fsp3) is 1.00. The van der Waals surface area contributed by atoms with Gasteiger partial charge in [0.05, 0.1) is 12.2 Å². The second-order valence-corrected chi connectivity index (χ2v) is 6.51. The van der Waals surface area contributed by atoms with Crippen molar-refractivity contribution in [1.82, 2.24) is 5.32 Å². The molecule has 0 aliphatic heterocycles.